The van der Waals surface area contributed by atoms with Crippen LogP contribution in [0.25, 0.3) is 0 Å². The molecule has 0 amide bonds. The molecule has 0 aromatic carbocycles. The molecule has 0 aromatic heterocycles. The lowest BCUT2D eigenvalue weighted by Crippen LogP contribution is -2.28. The maximum Gasteiger partial charge on any atom is 0.223 e. The smallest absolute Gasteiger partial charge is 0.220 e. The van der Waals surface area contributed by atoms with Gasteiger partial charge in [-0.2, -0.15) is 4.99 Å². The van der Waals surface area contributed by atoms with Crippen LogP contribution in [0, 0.1) is 0 Å². The molecule has 0 saturated carbocycles. The summed E-state index contributed by atoms with van der Waals surface area (Å²) in [5.74, 6) is 0. The van der Waals surface area contributed by atoms with Crippen LogP contribution in [0.3, 0.4) is 0 Å². The van der Waals surface area contributed by atoms with E-state index in [1.165, 1.54) is 0 Å². The van der Waals surface area contributed by atoms with Crippen molar-refractivity contribution in [3.8, 4) is 0 Å². The fourth-order valence-electron chi connectivity index (χ4n) is 0.379. The van der Waals surface area contributed by atoms with Gasteiger partial charge in [-0.3, -0.25) is 0 Å². The number of halogens is 4. The Balaban J connectivity index is 2.85. The van der Waals surface area contributed by atoms with Crippen molar-refractivity contribution in [3.05, 3.63) is 0 Å². The van der Waals surface area contributed by atoms with Gasteiger partial charge in [0.15, 0.2) is 0 Å². The summed E-state index contributed by atoms with van der Waals surface area (Å²) < 4.78 is 0.967. The van der Waals surface area contributed by atoms with Gasteiger partial charge in [0.2, 0.25) is 16.2 Å². The molecule has 0 bridgehead atoms. The molecule has 1 aliphatic heterocycles. The zero-order chi connectivity index (χ0) is 7.72. The lowest BCUT2D eigenvalue weighted by Gasteiger charge is -2.18. The van der Waals surface area contributed by atoms with E-state index in [4.69, 9.17) is 46.6 Å². The van der Waals surface area contributed by atoms with Gasteiger partial charge in [0, 0.05) is 11.8 Å². The van der Waals surface area contributed by atoms with E-state index in [2.05, 4.69) is 9.98 Å². The van der Waals surface area contributed by atoms with Crippen molar-refractivity contribution in [3.63, 3.8) is 0 Å². The minimum absolute atomic E-state index is 0.00176. The van der Waals surface area contributed by atoms with Gasteiger partial charge in [0.05, 0.1) is 0 Å². The number of aliphatic imine (C=N–C) groups is 2. The van der Waals surface area contributed by atoms with E-state index in [9.17, 15) is 0 Å². The van der Waals surface area contributed by atoms with Crippen molar-refractivity contribution < 1.29 is 0 Å². The van der Waals surface area contributed by atoms with Crippen LogP contribution in [0.4, 0.5) is 0 Å². The van der Waals surface area contributed by atoms with Gasteiger partial charge in [-0.25, -0.2) is 9.41 Å². The van der Waals surface area contributed by atoms with Gasteiger partial charge < -0.3 is 0 Å². The van der Waals surface area contributed by atoms with E-state index in [1.54, 1.807) is 0 Å². The summed E-state index contributed by atoms with van der Waals surface area (Å²) in [7, 11) is 0. The molecule has 1 aliphatic rings. The molecule has 56 valence electrons. The lowest BCUT2D eigenvalue weighted by molar-refractivity contribution is 0.618. The van der Waals surface area contributed by atoms with E-state index < -0.39 is 5.62 Å². The van der Waals surface area contributed by atoms with Crippen LogP contribution in [0.1, 0.15) is 0 Å². The van der Waals surface area contributed by atoms with Gasteiger partial charge in [-0.1, -0.05) is 11.6 Å². The highest BCUT2D eigenvalue weighted by Gasteiger charge is 2.20. The third kappa shape index (κ3) is 1.66. The monoisotopic (exact) mass is 219 g/mol. The van der Waals surface area contributed by atoms with Gasteiger partial charge in [-0.15, -0.1) is 0 Å². The molecule has 0 aromatic rings. The molecule has 0 radical (unpaired) electrons. The van der Waals surface area contributed by atoms with E-state index in [0.717, 1.165) is 4.42 Å². The van der Waals surface area contributed by atoms with Crippen LogP contribution in [-0.4, -0.2) is 20.6 Å². The number of hydrogen-bond donors (Lipinski definition) is 0. The highest BCUT2D eigenvalue weighted by atomic mass is 35.5. The first kappa shape index (κ1) is 8.40. The molecule has 7 heteroatoms. The summed E-state index contributed by atoms with van der Waals surface area (Å²) in [5, 5.41) is 0.0172. The molecular formula is C3HCl4N3. The number of alkyl halides is 1. The maximum absolute atomic E-state index is 5.51. The van der Waals surface area contributed by atoms with Gasteiger partial charge >= 0.3 is 0 Å². The summed E-state index contributed by atoms with van der Waals surface area (Å²) in [6.07, 6.45) is 0. The van der Waals surface area contributed by atoms with Crippen molar-refractivity contribution in [2.24, 2.45) is 9.98 Å². The molecule has 3 nitrogen and oxygen atoms in total. The Hall–Kier alpha value is 0.300. The third-order valence-electron chi connectivity index (χ3n) is 0.761. The molecule has 1 heterocycles. The molecular weight excluding hydrogens is 220 g/mol. The zero-order valence-corrected chi connectivity index (χ0v) is 7.45. The summed E-state index contributed by atoms with van der Waals surface area (Å²) in [5.41, 5.74) is -0.779. The summed E-state index contributed by atoms with van der Waals surface area (Å²) >= 11 is 21.8. The van der Waals surface area contributed by atoms with Crippen LogP contribution >= 0.6 is 46.6 Å². The second-order valence-electron chi connectivity index (χ2n) is 1.40. The molecule has 0 N–H and O–H groups in total. The molecule has 0 aliphatic carbocycles. The Morgan fingerprint density at radius 1 is 1.40 bits per heavy atom. The van der Waals surface area contributed by atoms with Crippen LogP contribution in [0.2, 0.25) is 0 Å². The quantitative estimate of drug-likeness (QED) is 0.350. The summed E-state index contributed by atoms with van der Waals surface area (Å²) in [6, 6.07) is 0. The van der Waals surface area contributed by atoms with Crippen molar-refractivity contribution in [2.75, 3.05) is 0 Å². The first-order chi connectivity index (χ1) is 4.61. The van der Waals surface area contributed by atoms with E-state index in [1.807, 2.05) is 0 Å². The Morgan fingerprint density at radius 2 is 2.00 bits per heavy atom. The highest BCUT2D eigenvalue weighted by Crippen LogP contribution is 2.18. The molecule has 1 unspecified atom stereocenters. The van der Waals surface area contributed by atoms with Crippen molar-refractivity contribution >= 4 is 57.2 Å². The Morgan fingerprint density at radius 3 is 2.50 bits per heavy atom. The normalized spacial score (nSPS) is 26.0. The zero-order valence-electron chi connectivity index (χ0n) is 4.43. The third-order valence-corrected chi connectivity index (χ3v) is 2.03. The van der Waals surface area contributed by atoms with Crippen LogP contribution in [-0.2, 0) is 0 Å². The lowest BCUT2D eigenvalue weighted by atomic mass is 10.9. The first-order valence-electron chi connectivity index (χ1n) is 2.18. The SMILES string of the molecule is ClC1=NC(Cl)N(Cl)C(Cl)=N1. The second-order valence-corrected chi connectivity index (χ2v) is 2.83. The topological polar surface area (TPSA) is 28.0 Å². The van der Waals surface area contributed by atoms with Gasteiger partial charge in [0.25, 0.3) is 0 Å². The minimum atomic E-state index is -0.779. The molecule has 0 saturated heterocycles. The van der Waals surface area contributed by atoms with E-state index >= 15 is 0 Å². The maximum atomic E-state index is 5.51. The Kier molecular flexibility index (Phi) is 2.63. The second kappa shape index (κ2) is 3.13. The van der Waals surface area contributed by atoms with Gasteiger partial charge in [-0.05, 0) is 23.2 Å². The first-order valence-corrected chi connectivity index (χ1v) is 3.71. The minimum Gasteiger partial charge on any atom is -0.220 e. The average Bonchev–Trinajstić information content (AvgIpc) is 1.82. The van der Waals surface area contributed by atoms with E-state index in [-0.39, 0.29) is 10.6 Å². The van der Waals surface area contributed by atoms with Crippen molar-refractivity contribution in [1.29, 1.82) is 0 Å². The van der Waals surface area contributed by atoms with Crippen LogP contribution in [0.15, 0.2) is 9.98 Å². The standard InChI is InChI=1S/C3HCl4N3/c4-1-8-2(5)10(7)3(6)9-1/h2H. The molecule has 1 rings (SSSR count). The fraction of sp³-hybridized carbons (Fsp3) is 0.333. The average molecular weight is 221 g/mol. The number of nitrogens with zero attached hydrogens (tertiary/aromatic N) is 3. The Bertz CT molecular complexity index is 200. The van der Waals surface area contributed by atoms with E-state index in [0.29, 0.717) is 0 Å². The number of hydrogen-bond acceptors (Lipinski definition) is 3. The predicted octanol–water partition coefficient (Wildman–Crippen LogP) is 2.17. The summed E-state index contributed by atoms with van der Waals surface area (Å²) in [6.45, 7) is 0. The highest BCUT2D eigenvalue weighted by molar-refractivity contribution is 6.73. The Labute approximate surface area is 77.3 Å². The molecule has 1 atom stereocenters. The number of amidine groups is 2. The van der Waals surface area contributed by atoms with Gasteiger partial charge in [0.1, 0.15) is 0 Å². The van der Waals surface area contributed by atoms with Crippen LogP contribution in [0.5, 0.6) is 0 Å². The van der Waals surface area contributed by atoms with Crippen LogP contribution < -0.4 is 0 Å². The molecule has 0 spiro atoms. The van der Waals surface area contributed by atoms with Crippen molar-refractivity contribution in [1.82, 2.24) is 4.42 Å². The molecule has 0 fully saturated rings. The van der Waals surface area contributed by atoms with Crippen molar-refractivity contribution in [2.45, 2.75) is 5.62 Å². The number of rotatable bonds is 0. The fourth-order valence-corrected chi connectivity index (χ4v) is 1.13. The summed E-state index contributed by atoms with van der Waals surface area (Å²) in [4.78, 5) is 7.10. The molecule has 10 heavy (non-hydrogen) atoms. The largest absolute Gasteiger partial charge is 0.223 e. The predicted molar refractivity (Wildman–Crippen MR) is 43.9 cm³/mol.